The van der Waals surface area contributed by atoms with Gasteiger partial charge in [0, 0.05) is 23.2 Å². The first kappa shape index (κ1) is 13.8. The summed E-state index contributed by atoms with van der Waals surface area (Å²) in [4.78, 5) is 21.3. The third-order valence-electron chi connectivity index (χ3n) is 2.26. The number of carbonyl (C=O) groups is 1. The van der Waals surface area contributed by atoms with E-state index in [1.54, 1.807) is 12.3 Å². The molecular weight excluding hydrogens is 284 g/mol. The van der Waals surface area contributed by atoms with Gasteiger partial charge in [-0.15, -0.1) is 11.3 Å². The Morgan fingerprint density at radius 1 is 1.47 bits per heavy atom. The molecule has 2 aromatic rings. The first-order chi connectivity index (χ1) is 9.08. The second-order valence-corrected chi connectivity index (χ2v) is 5.45. The zero-order chi connectivity index (χ0) is 13.8. The minimum atomic E-state index is -0.252. The van der Waals surface area contributed by atoms with Gasteiger partial charge in [-0.1, -0.05) is 11.6 Å². The van der Waals surface area contributed by atoms with Crippen LogP contribution in [0.5, 0.6) is 0 Å². The maximum absolute atomic E-state index is 12.1. The molecule has 7 heteroatoms. The summed E-state index contributed by atoms with van der Waals surface area (Å²) in [5.41, 5.74) is 0.448. The van der Waals surface area contributed by atoms with Crippen LogP contribution in [0, 0.1) is 6.92 Å². The zero-order valence-corrected chi connectivity index (χ0v) is 12.1. The second kappa shape index (κ2) is 5.99. The zero-order valence-electron chi connectivity index (χ0n) is 10.5. The number of aromatic nitrogens is 2. The summed E-state index contributed by atoms with van der Waals surface area (Å²) in [7, 11) is 0. The molecule has 2 aromatic heterocycles. The van der Waals surface area contributed by atoms with E-state index in [-0.39, 0.29) is 11.1 Å². The molecule has 0 atom stereocenters. The van der Waals surface area contributed by atoms with E-state index >= 15 is 0 Å². The number of pyridine rings is 1. The lowest BCUT2D eigenvalue weighted by Gasteiger charge is -2.06. The Morgan fingerprint density at radius 2 is 2.26 bits per heavy atom. The number of halogens is 1. The second-order valence-electron chi connectivity index (χ2n) is 3.82. The fourth-order valence-electron chi connectivity index (χ4n) is 1.48. The van der Waals surface area contributed by atoms with Gasteiger partial charge in [0.2, 0.25) is 0 Å². The van der Waals surface area contributed by atoms with Crippen molar-refractivity contribution < 1.29 is 4.79 Å². The Kier molecular flexibility index (Phi) is 4.34. The van der Waals surface area contributed by atoms with Crippen molar-refractivity contribution in [3.63, 3.8) is 0 Å². The number of anilines is 2. The number of amides is 1. The van der Waals surface area contributed by atoms with E-state index in [0.29, 0.717) is 23.1 Å². The lowest BCUT2D eigenvalue weighted by molar-refractivity contribution is 0.102. The van der Waals surface area contributed by atoms with Crippen molar-refractivity contribution in [3.05, 3.63) is 33.9 Å². The van der Waals surface area contributed by atoms with Crippen molar-refractivity contribution in [1.82, 2.24) is 9.97 Å². The Labute approximate surface area is 120 Å². The Morgan fingerprint density at radius 3 is 2.89 bits per heavy atom. The SMILES string of the molecule is CCNc1cc(C(=O)Nc2ncc(C)s2)cc(Cl)n1. The first-order valence-corrected chi connectivity index (χ1v) is 6.93. The first-order valence-electron chi connectivity index (χ1n) is 5.73. The minimum Gasteiger partial charge on any atom is -0.370 e. The lowest BCUT2D eigenvalue weighted by Crippen LogP contribution is -2.12. The average molecular weight is 297 g/mol. The van der Waals surface area contributed by atoms with Crippen molar-refractivity contribution in [2.24, 2.45) is 0 Å². The minimum absolute atomic E-state index is 0.252. The third-order valence-corrected chi connectivity index (χ3v) is 3.28. The van der Waals surface area contributed by atoms with Gasteiger partial charge in [0.1, 0.15) is 11.0 Å². The Bertz CT molecular complexity index is 599. The van der Waals surface area contributed by atoms with Gasteiger partial charge in [0.15, 0.2) is 5.13 Å². The normalized spacial score (nSPS) is 10.3. The van der Waals surface area contributed by atoms with Crippen molar-refractivity contribution in [2.45, 2.75) is 13.8 Å². The van der Waals surface area contributed by atoms with E-state index in [9.17, 15) is 4.79 Å². The molecule has 0 aromatic carbocycles. The standard InChI is InChI=1S/C12H13ClN4OS/c1-3-14-10-5-8(4-9(13)16-10)11(18)17-12-15-6-7(2)19-12/h4-6H,3H2,1-2H3,(H,14,16)(H,15,17,18). The molecule has 0 aliphatic carbocycles. The largest absolute Gasteiger partial charge is 0.370 e. The van der Waals surface area contributed by atoms with Gasteiger partial charge >= 0.3 is 0 Å². The molecule has 0 fully saturated rings. The molecule has 0 saturated carbocycles. The third kappa shape index (κ3) is 3.65. The molecule has 1 amide bonds. The fourth-order valence-corrected chi connectivity index (χ4v) is 2.35. The van der Waals surface area contributed by atoms with Crippen LogP contribution in [0.1, 0.15) is 22.2 Å². The van der Waals surface area contributed by atoms with Crippen LogP contribution in [-0.4, -0.2) is 22.4 Å². The van der Waals surface area contributed by atoms with Gasteiger partial charge in [-0.2, -0.15) is 0 Å². The van der Waals surface area contributed by atoms with Crippen LogP contribution in [0.2, 0.25) is 5.15 Å². The number of carbonyl (C=O) groups excluding carboxylic acids is 1. The average Bonchev–Trinajstić information content (AvgIpc) is 2.74. The summed E-state index contributed by atoms with van der Waals surface area (Å²) in [5.74, 6) is 0.327. The molecule has 0 aliphatic heterocycles. The maximum atomic E-state index is 12.1. The van der Waals surface area contributed by atoms with Crippen molar-refractivity contribution in [2.75, 3.05) is 17.2 Å². The van der Waals surface area contributed by atoms with E-state index in [2.05, 4.69) is 20.6 Å². The van der Waals surface area contributed by atoms with E-state index in [1.807, 2.05) is 13.8 Å². The molecule has 2 rings (SSSR count). The predicted molar refractivity (Wildman–Crippen MR) is 78.2 cm³/mol. The van der Waals surface area contributed by atoms with E-state index in [4.69, 9.17) is 11.6 Å². The number of rotatable bonds is 4. The van der Waals surface area contributed by atoms with E-state index in [0.717, 1.165) is 4.88 Å². The summed E-state index contributed by atoms with van der Waals surface area (Å²) in [5, 5.41) is 6.60. The number of hydrogen-bond donors (Lipinski definition) is 2. The molecule has 19 heavy (non-hydrogen) atoms. The van der Waals surface area contributed by atoms with Crippen molar-refractivity contribution >= 4 is 39.8 Å². The van der Waals surface area contributed by atoms with Crippen molar-refractivity contribution in [3.8, 4) is 0 Å². The number of nitrogens with zero attached hydrogens (tertiary/aromatic N) is 2. The van der Waals surface area contributed by atoms with Crippen LogP contribution < -0.4 is 10.6 Å². The smallest absolute Gasteiger partial charge is 0.257 e. The number of nitrogens with one attached hydrogen (secondary N) is 2. The highest BCUT2D eigenvalue weighted by atomic mass is 35.5. The molecule has 5 nitrogen and oxygen atoms in total. The summed E-state index contributed by atoms with van der Waals surface area (Å²) in [6, 6.07) is 3.18. The van der Waals surface area contributed by atoms with Gasteiger partial charge in [-0.05, 0) is 26.0 Å². The van der Waals surface area contributed by atoms with Crippen LogP contribution in [0.15, 0.2) is 18.3 Å². The van der Waals surface area contributed by atoms with E-state index in [1.165, 1.54) is 17.4 Å². The number of aryl methyl sites for hydroxylation is 1. The molecule has 0 bridgehead atoms. The van der Waals surface area contributed by atoms with Gasteiger partial charge in [0.05, 0.1) is 0 Å². The summed E-state index contributed by atoms with van der Waals surface area (Å²) >= 11 is 7.31. The highest BCUT2D eigenvalue weighted by Gasteiger charge is 2.11. The Hall–Kier alpha value is -1.66. The topological polar surface area (TPSA) is 66.9 Å². The molecule has 2 heterocycles. The maximum Gasteiger partial charge on any atom is 0.257 e. The Balaban J connectivity index is 2.18. The van der Waals surface area contributed by atoms with Gasteiger partial charge in [-0.3, -0.25) is 10.1 Å². The number of hydrogen-bond acceptors (Lipinski definition) is 5. The summed E-state index contributed by atoms with van der Waals surface area (Å²) in [6.07, 6.45) is 1.71. The molecule has 2 N–H and O–H groups in total. The van der Waals surface area contributed by atoms with Crippen LogP contribution in [0.4, 0.5) is 10.9 Å². The summed E-state index contributed by atoms with van der Waals surface area (Å²) < 4.78 is 0. The molecule has 0 unspecified atom stereocenters. The molecular formula is C12H13ClN4OS. The molecule has 0 aliphatic rings. The lowest BCUT2D eigenvalue weighted by atomic mass is 10.2. The molecule has 0 saturated heterocycles. The number of thiazole rings is 1. The molecule has 100 valence electrons. The highest BCUT2D eigenvalue weighted by molar-refractivity contribution is 7.15. The van der Waals surface area contributed by atoms with Gasteiger partial charge in [-0.25, -0.2) is 9.97 Å². The quantitative estimate of drug-likeness (QED) is 0.850. The van der Waals surface area contributed by atoms with Crippen LogP contribution in [0.25, 0.3) is 0 Å². The van der Waals surface area contributed by atoms with Crippen molar-refractivity contribution in [1.29, 1.82) is 0 Å². The molecule has 0 radical (unpaired) electrons. The highest BCUT2D eigenvalue weighted by Crippen LogP contribution is 2.19. The van der Waals surface area contributed by atoms with Crippen LogP contribution in [0.3, 0.4) is 0 Å². The van der Waals surface area contributed by atoms with E-state index < -0.39 is 0 Å². The molecule has 0 spiro atoms. The van der Waals surface area contributed by atoms with Crippen LogP contribution in [-0.2, 0) is 0 Å². The van der Waals surface area contributed by atoms with Gasteiger partial charge < -0.3 is 5.32 Å². The van der Waals surface area contributed by atoms with Gasteiger partial charge in [0.25, 0.3) is 5.91 Å². The van der Waals surface area contributed by atoms with Crippen LogP contribution >= 0.6 is 22.9 Å². The monoisotopic (exact) mass is 296 g/mol. The fraction of sp³-hybridized carbons (Fsp3) is 0.250. The predicted octanol–water partition coefficient (Wildman–Crippen LogP) is 3.18. The summed E-state index contributed by atoms with van der Waals surface area (Å²) in [6.45, 7) is 4.58.